The molecule has 4 heterocycles. The van der Waals surface area contributed by atoms with Gasteiger partial charge in [-0.2, -0.15) is 31.4 Å². The maximum Gasteiger partial charge on any atom is 0.493 e. The van der Waals surface area contributed by atoms with Crippen LogP contribution in [0.25, 0.3) is 11.3 Å². The van der Waals surface area contributed by atoms with Crippen LogP contribution in [0.5, 0.6) is 0 Å². The number of carbonyl (C=O) groups excluding carboxylic acids is 4. The number of nitrogens with one attached hydrogen (secondary N) is 1. The second kappa shape index (κ2) is 13.6. The summed E-state index contributed by atoms with van der Waals surface area (Å²) in [5.41, 5.74) is -4.30. The third kappa shape index (κ3) is 7.26. The zero-order chi connectivity index (χ0) is 36.8. The molecule has 14 nitrogen and oxygen atoms in total. The Labute approximate surface area is 284 Å². The largest absolute Gasteiger partial charge is 0.493 e. The van der Waals surface area contributed by atoms with E-state index in [0.717, 1.165) is 46.9 Å². The lowest BCUT2D eigenvalue weighted by atomic mass is 9.90. The van der Waals surface area contributed by atoms with Crippen molar-refractivity contribution in [2.75, 3.05) is 44.3 Å². The standard InChI is InChI=1S/C29H29ClF6N8O6/c1-40-15-18(21(39-40)28(31,32)33)20-14-38-22(41(20)2)24(46)44(50-26(48)29(34,35)36)16-3-4-17(19(30)13-16)23(45)42-9-11-43(12-10-42)25(47)27(49)5-7-37-8-6-27/h3-4,13-15,37,49H,5-12H2,1-2H3. The molecular formula is C29H29ClF6N8O6. The number of hydroxylamine groups is 1. The Hall–Kier alpha value is -4.69. The van der Waals surface area contributed by atoms with Crippen molar-refractivity contribution in [3.8, 4) is 11.3 Å². The molecule has 0 aliphatic carbocycles. The van der Waals surface area contributed by atoms with Gasteiger partial charge in [0, 0.05) is 46.5 Å². The zero-order valence-corrected chi connectivity index (χ0v) is 27.1. The highest BCUT2D eigenvalue weighted by Gasteiger charge is 2.45. The molecule has 50 heavy (non-hydrogen) atoms. The van der Waals surface area contributed by atoms with Crippen molar-refractivity contribution in [3.63, 3.8) is 0 Å². The minimum Gasteiger partial charge on any atom is -0.380 e. The van der Waals surface area contributed by atoms with Gasteiger partial charge in [0.25, 0.3) is 11.8 Å². The van der Waals surface area contributed by atoms with Crippen molar-refractivity contribution >= 4 is 41.0 Å². The van der Waals surface area contributed by atoms with Crippen molar-refractivity contribution in [3.05, 3.63) is 52.7 Å². The first-order valence-electron chi connectivity index (χ1n) is 14.9. The van der Waals surface area contributed by atoms with Gasteiger partial charge < -0.3 is 29.6 Å². The molecule has 5 rings (SSSR count). The van der Waals surface area contributed by atoms with Crippen LogP contribution in [0.4, 0.5) is 32.0 Å². The number of carbonyl (C=O) groups is 4. The molecule has 2 N–H and O–H groups in total. The average Bonchev–Trinajstić information content (AvgIpc) is 3.64. The Balaban J connectivity index is 1.38. The molecule has 0 bridgehead atoms. The number of aromatic nitrogens is 4. The summed E-state index contributed by atoms with van der Waals surface area (Å²) in [6.45, 7) is 1.31. The summed E-state index contributed by atoms with van der Waals surface area (Å²) >= 11 is 6.35. The normalized spacial score (nSPS) is 16.7. The molecule has 2 fully saturated rings. The summed E-state index contributed by atoms with van der Waals surface area (Å²) in [5, 5.41) is 16.8. The second-order valence-electron chi connectivity index (χ2n) is 11.6. The van der Waals surface area contributed by atoms with Crippen molar-refractivity contribution in [2.45, 2.75) is 30.8 Å². The van der Waals surface area contributed by atoms with E-state index in [1.165, 1.54) is 16.8 Å². The second-order valence-corrected chi connectivity index (χ2v) is 12.0. The highest BCUT2D eigenvalue weighted by Crippen LogP contribution is 2.36. The predicted octanol–water partition coefficient (Wildman–Crippen LogP) is 2.56. The number of hydrogen-bond donors (Lipinski definition) is 2. The van der Waals surface area contributed by atoms with Gasteiger partial charge in [-0.3, -0.25) is 19.1 Å². The summed E-state index contributed by atoms with van der Waals surface area (Å²) in [5.74, 6) is -6.10. The monoisotopic (exact) mass is 734 g/mol. The van der Waals surface area contributed by atoms with E-state index in [4.69, 9.17) is 11.6 Å². The van der Waals surface area contributed by atoms with E-state index in [-0.39, 0.29) is 60.4 Å². The first kappa shape index (κ1) is 36.6. The molecular weight excluding hydrogens is 706 g/mol. The Morgan fingerprint density at radius 2 is 1.62 bits per heavy atom. The third-order valence-electron chi connectivity index (χ3n) is 8.24. The number of anilines is 1. The Kier molecular flexibility index (Phi) is 9.92. The summed E-state index contributed by atoms with van der Waals surface area (Å²) in [6.07, 6.45) is -8.13. The van der Waals surface area contributed by atoms with E-state index in [0.29, 0.717) is 13.1 Å². The first-order valence-corrected chi connectivity index (χ1v) is 15.3. The van der Waals surface area contributed by atoms with E-state index < -0.39 is 64.4 Å². The van der Waals surface area contributed by atoms with Gasteiger partial charge in [0.2, 0.25) is 5.82 Å². The number of alkyl halides is 6. The number of imidazole rings is 1. The van der Waals surface area contributed by atoms with E-state index in [2.05, 4.69) is 20.2 Å². The summed E-state index contributed by atoms with van der Waals surface area (Å²) in [6, 6.07) is 2.93. The van der Waals surface area contributed by atoms with Crippen molar-refractivity contribution in [2.24, 2.45) is 14.1 Å². The lowest BCUT2D eigenvalue weighted by Crippen LogP contribution is -2.59. The molecule has 0 atom stereocenters. The number of aryl methyl sites for hydroxylation is 1. The fourth-order valence-electron chi connectivity index (χ4n) is 5.62. The zero-order valence-electron chi connectivity index (χ0n) is 26.3. The maximum absolute atomic E-state index is 13.6. The van der Waals surface area contributed by atoms with Crippen molar-refractivity contribution in [1.29, 1.82) is 0 Å². The number of amides is 3. The summed E-state index contributed by atoms with van der Waals surface area (Å²) in [7, 11) is 2.33. The number of nitrogens with zero attached hydrogens (tertiary/aromatic N) is 7. The molecule has 2 saturated heterocycles. The molecule has 270 valence electrons. The summed E-state index contributed by atoms with van der Waals surface area (Å²) < 4.78 is 82.3. The highest BCUT2D eigenvalue weighted by molar-refractivity contribution is 6.34. The van der Waals surface area contributed by atoms with Crippen LogP contribution in [0.1, 0.15) is 39.5 Å². The predicted molar refractivity (Wildman–Crippen MR) is 160 cm³/mol. The maximum atomic E-state index is 13.6. The van der Waals surface area contributed by atoms with Crippen molar-refractivity contribution < 1.29 is 55.5 Å². The molecule has 0 spiro atoms. The molecule has 2 aliphatic heterocycles. The lowest BCUT2D eigenvalue weighted by molar-refractivity contribution is -0.200. The summed E-state index contributed by atoms with van der Waals surface area (Å²) in [4.78, 5) is 62.7. The number of piperidine rings is 1. The molecule has 0 saturated carbocycles. The minimum absolute atomic E-state index is 0.0687. The number of piperazine rings is 1. The van der Waals surface area contributed by atoms with Gasteiger partial charge in [0.1, 0.15) is 5.60 Å². The fourth-order valence-corrected chi connectivity index (χ4v) is 5.87. The van der Waals surface area contributed by atoms with Crippen LogP contribution >= 0.6 is 11.6 Å². The van der Waals surface area contributed by atoms with Crippen LogP contribution < -0.4 is 10.4 Å². The van der Waals surface area contributed by atoms with Crippen LogP contribution in [0.3, 0.4) is 0 Å². The Morgan fingerprint density at radius 3 is 2.20 bits per heavy atom. The molecule has 3 aromatic rings. The lowest BCUT2D eigenvalue weighted by Gasteiger charge is -2.40. The van der Waals surface area contributed by atoms with E-state index >= 15 is 0 Å². The van der Waals surface area contributed by atoms with Gasteiger partial charge in [-0.15, -0.1) is 5.06 Å². The molecule has 1 aromatic carbocycles. The van der Waals surface area contributed by atoms with Gasteiger partial charge in [-0.05, 0) is 44.1 Å². The third-order valence-corrected chi connectivity index (χ3v) is 8.56. The molecule has 0 radical (unpaired) electrons. The topological polar surface area (TPSA) is 155 Å². The van der Waals surface area contributed by atoms with E-state index in [1.807, 2.05) is 0 Å². The average molecular weight is 735 g/mol. The van der Waals surface area contributed by atoms with Crippen LogP contribution in [-0.2, 0) is 34.7 Å². The minimum atomic E-state index is -5.57. The SMILES string of the molecule is Cn1cc(-c2cnc(C(=O)N(OC(=O)C(F)(F)F)c3ccc(C(=O)N4CCN(C(=O)C5(O)CCNCC5)CC4)c(Cl)c3)n2C)c(C(F)(F)F)n1. The van der Waals surface area contributed by atoms with Gasteiger partial charge in [0.05, 0.1) is 33.7 Å². The van der Waals surface area contributed by atoms with Crippen molar-refractivity contribution in [1.82, 2.24) is 34.4 Å². The van der Waals surface area contributed by atoms with Crippen LogP contribution in [0.2, 0.25) is 5.02 Å². The van der Waals surface area contributed by atoms with E-state index in [9.17, 15) is 50.6 Å². The number of benzene rings is 1. The van der Waals surface area contributed by atoms with Gasteiger partial charge >= 0.3 is 24.2 Å². The van der Waals surface area contributed by atoms with Gasteiger partial charge in [-0.25, -0.2) is 9.78 Å². The Morgan fingerprint density at radius 1 is 1.00 bits per heavy atom. The smallest absolute Gasteiger partial charge is 0.380 e. The van der Waals surface area contributed by atoms with Crippen LogP contribution in [0.15, 0.2) is 30.6 Å². The number of hydrogen-bond acceptors (Lipinski definition) is 9. The molecule has 2 aliphatic rings. The molecule has 21 heteroatoms. The molecule has 3 amide bonds. The number of aliphatic hydroxyl groups is 1. The van der Waals surface area contributed by atoms with Crippen LogP contribution in [-0.4, -0.2) is 109 Å². The molecule has 2 aromatic heterocycles. The fraction of sp³-hybridized carbons (Fsp3) is 0.448. The van der Waals surface area contributed by atoms with Gasteiger partial charge in [0.15, 0.2) is 5.69 Å². The highest BCUT2D eigenvalue weighted by atomic mass is 35.5. The first-order chi connectivity index (χ1) is 23.3. The van der Waals surface area contributed by atoms with E-state index in [1.54, 1.807) is 0 Å². The molecule has 0 unspecified atom stereocenters. The number of halogens is 7. The Bertz CT molecular complexity index is 1810. The van der Waals surface area contributed by atoms with Crippen LogP contribution in [0, 0.1) is 0 Å². The number of rotatable bonds is 5. The quantitative estimate of drug-likeness (QED) is 0.297. The van der Waals surface area contributed by atoms with Gasteiger partial charge in [-0.1, -0.05) is 11.6 Å².